The second kappa shape index (κ2) is 6.14. The van der Waals surface area contributed by atoms with Crippen LogP contribution in [0.3, 0.4) is 0 Å². The van der Waals surface area contributed by atoms with Gasteiger partial charge in [0.15, 0.2) is 0 Å². The van der Waals surface area contributed by atoms with Crippen molar-refractivity contribution < 1.29 is 8.42 Å². The third-order valence-corrected chi connectivity index (χ3v) is 5.86. The zero-order chi connectivity index (χ0) is 15.6. The summed E-state index contributed by atoms with van der Waals surface area (Å²) in [5.41, 5.74) is 0.931. The molecule has 0 saturated carbocycles. The van der Waals surface area contributed by atoms with Gasteiger partial charge in [0.2, 0.25) is 10.0 Å². The molecule has 1 saturated heterocycles. The lowest BCUT2D eigenvalue weighted by molar-refractivity contribution is 0.312. The number of hydrogen-bond donors (Lipinski definition) is 0. The Labute approximate surface area is 131 Å². The molecule has 3 rings (SSSR count). The Bertz CT molecular complexity index is 747. The van der Waals surface area contributed by atoms with Gasteiger partial charge in [-0.2, -0.15) is 4.31 Å². The molecule has 1 fully saturated rings. The van der Waals surface area contributed by atoms with Crippen LogP contribution in [0.1, 0.15) is 30.3 Å². The minimum Gasteiger partial charge on any atom is -0.242 e. The molecular weight excluding hydrogens is 298 g/mol. The monoisotopic (exact) mass is 317 g/mol. The minimum absolute atomic E-state index is 0.133. The van der Waals surface area contributed by atoms with E-state index in [4.69, 9.17) is 0 Å². The molecule has 1 unspecified atom stereocenters. The third kappa shape index (κ3) is 3.03. The highest BCUT2D eigenvalue weighted by Gasteiger charge is 2.31. The first-order valence-corrected chi connectivity index (χ1v) is 8.86. The molecule has 5 nitrogen and oxygen atoms in total. The molecule has 0 spiro atoms. The van der Waals surface area contributed by atoms with Gasteiger partial charge in [-0.05, 0) is 38.0 Å². The van der Waals surface area contributed by atoms with Crippen molar-refractivity contribution in [3.63, 3.8) is 0 Å². The maximum Gasteiger partial charge on any atom is 0.243 e. The molecular formula is C16H19N3O2S. The van der Waals surface area contributed by atoms with Gasteiger partial charge in [0.1, 0.15) is 5.82 Å². The number of hydrogen-bond acceptors (Lipinski definition) is 4. The van der Waals surface area contributed by atoms with Gasteiger partial charge in [0.05, 0.1) is 4.90 Å². The van der Waals surface area contributed by atoms with E-state index < -0.39 is 10.0 Å². The molecule has 116 valence electrons. The van der Waals surface area contributed by atoms with Crippen molar-refractivity contribution in [3.8, 4) is 0 Å². The first kappa shape index (κ1) is 15.1. The molecule has 1 aromatic heterocycles. The van der Waals surface area contributed by atoms with Crippen LogP contribution in [0.2, 0.25) is 0 Å². The first-order chi connectivity index (χ1) is 10.6. The van der Waals surface area contributed by atoms with Crippen molar-refractivity contribution in [3.05, 3.63) is 54.1 Å². The van der Waals surface area contributed by atoms with Gasteiger partial charge in [0.25, 0.3) is 0 Å². The molecule has 1 aromatic carbocycles. The van der Waals surface area contributed by atoms with Gasteiger partial charge in [-0.15, -0.1) is 0 Å². The minimum atomic E-state index is -3.42. The predicted octanol–water partition coefficient (Wildman–Crippen LogP) is 2.35. The predicted molar refractivity (Wildman–Crippen MR) is 83.9 cm³/mol. The Hall–Kier alpha value is -1.79. The van der Waals surface area contributed by atoms with Crippen LogP contribution in [0.5, 0.6) is 0 Å². The standard InChI is InChI=1S/C16H19N3O2S/c1-13-17-10-9-16(18-13)14-6-5-11-19(12-14)22(20,21)15-7-3-2-4-8-15/h2-4,7-10,14H,5-6,11-12H2,1H3. The fraction of sp³-hybridized carbons (Fsp3) is 0.375. The zero-order valence-corrected chi connectivity index (χ0v) is 13.3. The van der Waals surface area contributed by atoms with E-state index in [1.54, 1.807) is 34.8 Å². The molecule has 6 heteroatoms. The largest absolute Gasteiger partial charge is 0.243 e. The van der Waals surface area contributed by atoms with Gasteiger partial charge >= 0.3 is 0 Å². The van der Waals surface area contributed by atoms with Gasteiger partial charge in [-0.3, -0.25) is 0 Å². The van der Waals surface area contributed by atoms with Gasteiger partial charge in [-0.1, -0.05) is 18.2 Å². The lowest BCUT2D eigenvalue weighted by Crippen LogP contribution is -2.39. The topological polar surface area (TPSA) is 63.2 Å². The number of benzene rings is 1. The molecule has 22 heavy (non-hydrogen) atoms. The SMILES string of the molecule is Cc1nccc(C2CCCN(S(=O)(=O)c3ccccc3)C2)n1. The Morgan fingerprint density at radius 1 is 1.18 bits per heavy atom. The summed E-state index contributed by atoms with van der Waals surface area (Å²) in [6.07, 6.45) is 3.54. The Kier molecular flexibility index (Phi) is 4.22. The molecule has 0 radical (unpaired) electrons. The summed E-state index contributed by atoms with van der Waals surface area (Å²) in [4.78, 5) is 8.92. The van der Waals surface area contributed by atoms with Crippen molar-refractivity contribution in [2.75, 3.05) is 13.1 Å². The number of sulfonamides is 1. The molecule has 1 aliphatic rings. The van der Waals surface area contributed by atoms with E-state index in [9.17, 15) is 8.42 Å². The number of aromatic nitrogens is 2. The van der Waals surface area contributed by atoms with Crippen LogP contribution < -0.4 is 0 Å². The number of nitrogens with zero attached hydrogens (tertiary/aromatic N) is 3. The summed E-state index contributed by atoms with van der Waals surface area (Å²) in [5.74, 6) is 0.856. The van der Waals surface area contributed by atoms with Gasteiger partial charge < -0.3 is 0 Å². The second-order valence-corrected chi connectivity index (χ2v) is 7.48. The van der Waals surface area contributed by atoms with E-state index in [-0.39, 0.29) is 5.92 Å². The Morgan fingerprint density at radius 3 is 2.68 bits per heavy atom. The van der Waals surface area contributed by atoms with E-state index in [1.165, 1.54) is 0 Å². The number of rotatable bonds is 3. The summed E-state index contributed by atoms with van der Waals surface area (Å²) in [6.45, 7) is 2.90. The van der Waals surface area contributed by atoms with E-state index >= 15 is 0 Å². The highest BCUT2D eigenvalue weighted by atomic mass is 32.2. The van der Waals surface area contributed by atoms with Crippen molar-refractivity contribution in [2.24, 2.45) is 0 Å². The van der Waals surface area contributed by atoms with Crippen LogP contribution in [-0.4, -0.2) is 35.8 Å². The van der Waals surface area contributed by atoms with E-state index in [0.29, 0.717) is 18.0 Å². The average Bonchev–Trinajstić information content (AvgIpc) is 2.56. The number of aryl methyl sites for hydroxylation is 1. The molecule has 0 aliphatic carbocycles. The van der Waals surface area contributed by atoms with Crippen LogP contribution in [0.15, 0.2) is 47.5 Å². The normalized spacial score (nSPS) is 20.0. The maximum absolute atomic E-state index is 12.7. The Balaban J connectivity index is 1.84. The summed E-state index contributed by atoms with van der Waals surface area (Å²) in [6, 6.07) is 10.5. The molecule has 1 atom stereocenters. The van der Waals surface area contributed by atoms with Gasteiger partial charge in [-0.25, -0.2) is 18.4 Å². The van der Waals surface area contributed by atoms with E-state index in [1.807, 2.05) is 19.1 Å². The third-order valence-electron chi connectivity index (χ3n) is 3.98. The fourth-order valence-corrected chi connectivity index (χ4v) is 4.39. The zero-order valence-electron chi connectivity index (χ0n) is 12.5. The summed E-state index contributed by atoms with van der Waals surface area (Å²) in [5, 5.41) is 0. The van der Waals surface area contributed by atoms with Crippen LogP contribution >= 0.6 is 0 Å². The fourth-order valence-electron chi connectivity index (χ4n) is 2.85. The van der Waals surface area contributed by atoms with Crippen molar-refractivity contribution in [2.45, 2.75) is 30.6 Å². The summed E-state index contributed by atoms with van der Waals surface area (Å²) < 4.78 is 27.0. The van der Waals surface area contributed by atoms with E-state index in [0.717, 1.165) is 24.4 Å². The summed E-state index contributed by atoms with van der Waals surface area (Å²) in [7, 11) is -3.42. The van der Waals surface area contributed by atoms with Crippen molar-refractivity contribution >= 4 is 10.0 Å². The van der Waals surface area contributed by atoms with Crippen LogP contribution in [0.25, 0.3) is 0 Å². The van der Waals surface area contributed by atoms with E-state index in [2.05, 4.69) is 9.97 Å². The van der Waals surface area contributed by atoms with Crippen LogP contribution in [-0.2, 0) is 10.0 Å². The lowest BCUT2D eigenvalue weighted by Gasteiger charge is -2.31. The van der Waals surface area contributed by atoms with Gasteiger partial charge in [0, 0.05) is 30.9 Å². The molecule has 2 heterocycles. The molecule has 0 N–H and O–H groups in total. The smallest absolute Gasteiger partial charge is 0.242 e. The molecule has 0 amide bonds. The van der Waals surface area contributed by atoms with Crippen LogP contribution in [0, 0.1) is 6.92 Å². The second-order valence-electron chi connectivity index (χ2n) is 5.54. The highest BCUT2D eigenvalue weighted by molar-refractivity contribution is 7.89. The maximum atomic E-state index is 12.7. The first-order valence-electron chi connectivity index (χ1n) is 7.42. The van der Waals surface area contributed by atoms with Crippen molar-refractivity contribution in [1.82, 2.24) is 14.3 Å². The quantitative estimate of drug-likeness (QED) is 0.872. The van der Waals surface area contributed by atoms with Crippen LogP contribution in [0.4, 0.5) is 0 Å². The lowest BCUT2D eigenvalue weighted by atomic mass is 9.96. The summed E-state index contributed by atoms with van der Waals surface area (Å²) >= 11 is 0. The molecule has 1 aliphatic heterocycles. The molecule has 0 bridgehead atoms. The highest BCUT2D eigenvalue weighted by Crippen LogP contribution is 2.29. The van der Waals surface area contributed by atoms with Crippen molar-refractivity contribution in [1.29, 1.82) is 0 Å². The molecule has 2 aromatic rings. The average molecular weight is 317 g/mol. The number of piperidine rings is 1. The Morgan fingerprint density at radius 2 is 1.95 bits per heavy atom.